The molecule has 2 aliphatic rings. The molecule has 60 heavy (non-hydrogen) atoms. The lowest BCUT2D eigenvalue weighted by molar-refractivity contribution is -0.382. The van der Waals surface area contributed by atoms with Gasteiger partial charge in [0.05, 0.1) is 0 Å². The van der Waals surface area contributed by atoms with Crippen molar-refractivity contribution in [3.8, 4) is 0 Å². The summed E-state index contributed by atoms with van der Waals surface area (Å²) in [6, 6.07) is 0. The number of amides is 4. The van der Waals surface area contributed by atoms with Crippen LogP contribution < -0.4 is 10.6 Å². The highest BCUT2D eigenvalue weighted by Crippen LogP contribution is 2.56. The van der Waals surface area contributed by atoms with Crippen LogP contribution in [-0.4, -0.2) is 171 Å². The van der Waals surface area contributed by atoms with E-state index in [2.05, 4.69) is 10.6 Å². The topological polar surface area (TPSA) is 174 Å². The maximum absolute atomic E-state index is 14.1. The van der Waals surface area contributed by atoms with Crippen LogP contribution in [0, 0.1) is 0 Å². The van der Waals surface area contributed by atoms with Gasteiger partial charge in [-0.2, -0.15) is 87.6 Å². The maximum Gasteiger partial charge on any atom is 0.460 e. The second kappa shape index (κ2) is 17.7. The molecular formula is C26H30F18N6O8S2. The third-order valence-electron chi connectivity index (χ3n) is 8.67. The molecule has 0 bridgehead atoms. The van der Waals surface area contributed by atoms with Crippen molar-refractivity contribution in [2.75, 3.05) is 65.4 Å². The number of alkyl halides is 18. The van der Waals surface area contributed by atoms with Gasteiger partial charge in [0.15, 0.2) is 0 Å². The molecule has 14 nitrogen and oxygen atoms in total. The number of nitrogens with zero attached hydrogens (tertiary/aromatic N) is 4. The molecule has 350 valence electrons. The van der Waals surface area contributed by atoms with Gasteiger partial charge in [-0.1, -0.05) is 12.8 Å². The number of rotatable bonds is 15. The van der Waals surface area contributed by atoms with Crippen LogP contribution >= 0.6 is 0 Å². The van der Waals surface area contributed by atoms with E-state index < -0.39 is 151 Å². The predicted molar refractivity (Wildman–Crippen MR) is 160 cm³/mol. The molecule has 0 aromatic carbocycles. The highest BCUT2D eigenvalue weighted by molar-refractivity contribution is 7.90. The van der Waals surface area contributed by atoms with Crippen LogP contribution in [0.5, 0.6) is 0 Å². The second-order valence-electron chi connectivity index (χ2n) is 12.6. The van der Waals surface area contributed by atoms with Gasteiger partial charge in [0.25, 0.3) is 20.0 Å². The van der Waals surface area contributed by atoms with Crippen LogP contribution in [0.3, 0.4) is 0 Å². The number of hydrogen-bond acceptors (Lipinski definition) is 8. The zero-order valence-corrected chi connectivity index (χ0v) is 31.2. The molecule has 34 heteroatoms. The molecule has 2 aliphatic heterocycles. The van der Waals surface area contributed by atoms with Crippen molar-refractivity contribution < 1.29 is 115 Å². The Kier molecular flexibility index (Phi) is 15.5. The van der Waals surface area contributed by atoms with Gasteiger partial charge in [-0.05, 0) is 12.8 Å². The standard InChI is InChI=1S/C26H30F18N6O8S2/c27-19(28,23(35,36)37)21(31,32)25(41,42)59(55,56)49-11-7-47(8-12-49)17(53)15(51)45-5-3-1-2-4-6-46-16(52)18(54)48-9-13-50(14-10-48)60(57,58)26(43,44)22(33,34)20(29,30)24(38,39)40/h1-14H2,(H,45,51)(H,46,52). The normalized spacial score (nSPS) is 18.0. The fourth-order valence-electron chi connectivity index (χ4n) is 5.08. The summed E-state index contributed by atoms with van der Waals surface area (Å²) in [7, 11) is -13.8. The van der Waals surface area contributed by atoms with E-state index in [0.29, 0.717) is 9.80 Å². The summed E-state index contributed by atoms with van der Waals surface area (Å²) in [4.78, 5) is 50.0. The van der Waals surface area contributed by atoms with Gasteiger partial charge >= 0.3 is 70.2 Å². The average Bonchev–Trinajstić information content (AvgIpc) is 3.13. The lowest BCUT2D eigenvalue weighted by Crippen LogP contribution is -2.66. The van der Waals surface area contributed by atoms with E-state index in [1.807, 2.05) is 0 Å². The van der Waals surface area contributed by atoms with Gasteiger partial charge in [-0.3, -0.25) is 19.2 Å². The Labute approximate surface area is 325 Å². The number of unbranched alkanes of at least 4 members (excludes halogenated alkanes) is 3. The van der Waals surface area contributed by atoms with Crippen LogP contribution in [0.15, 0.2) is 0 Å². The minimum atomic E-state index is -7.49. The summed E-state index contributed by atoms with van der Waals surface area (Å²) in [5.74, 6) is -35.4. The van der Waals surface area contributed by atoms with E-state index in [1.165, 1.54) is 0 Å². The summed E-state index contributed by atoms with van der Waals surface area (Å²) < 4.78 is 285. The Balaban J connectivity index is 1.75. The van der Waals surface area contributed by atoms with Crippen molar-refractivity contribution in [1.29, 1.82) is 0 Å². The molecule has 0 aromatic rings. The molecule has 4 amide bonds. The van der Waals surface area contributed by atoms with Crippen molar-refractivity contribution >= 4 is 43.7 Å². The number of sulfonamides is 2. The molecule has 2 fully saturated rings. The Morgan fingerprint density at radius 2 is 0.650 bits per heavy atom. The molecule has 0 aromatic heterocycles. The van der Waals surface area contributed by atoms with Crippen molar-refractivity contribution in [2.24, 2.45) is 0 Å². The monoisotopic (exact) mass is 960 g/mol. The molecule has 2 N–H and O–H groups in total. The van der Waals surface area contributed by atoms with Crippen LogP contribution in [-0.2, 0) is 39.2 Å². The molecule has 0 aliphatic carbocycles. The second-order valence-corrected chi connectivity index (χ2v) is 16.6. The van der Waals surface area contributed by atoms with E-state index in [-0.39, 0.29) is 38.8 Å². The quantitative estimate of drug-likeness (QED) is 0.143. The zero-order valence-electron chi connectivity index (χ0n) is 29.6. The van der Waals surface area contributed by atoms with Gasteiger partial charge in [-0.25, -0.2) is 16.8 Å². The minimum Gasteiger partial charge on any atom is -0.348 e. The van der Waals surface area contributed by atoms with Crippen molar-refractivity contribution in [2.45, 2.75) is 72.2 Å². The van der Waals surface area contributed by atoms with E-state index >= 15 is 0 Å². The number of nitrogens with one attached hydrogen (secondary N) is 2. The summed E-state index contributed by atoms with van der Waals surface area (Å²) in [6.07, 6.45) is -13.8. The Bertz CT molecular complexity index is 1680. The molecule has 0 atom stereocenters. The van der Waals surface area contributed by atoms with Crippen molar-refractivity contribution in [1.82, 2.24) is 29.0 Å². The van der Waals surface area contributed by atoms with E-state index in [0.717, 1.165) is 0 Å². The first-order chi connectivity index (χ1) is 26.8. The number of piperazine rings is 2. The largest absolute Gasteiger partial charge is 0.460 e. The molecule has 2 saturated heterocycles. The molecular weight excluding hydrogens is 930 g/mol. The van der Waals surface area contributed by atoms with Gasteiger partial charge in [0.1, 0.15) is 0 Å². The molecule has 2 rings (SSSR count). The third kappa shape index (κ3) is 9.57. The SMILES string of the molecule is O=C(NCCCCCCNC(=O)C(=O)N1CCN(S(=O)(=O)C(F)(F)C(F)(F)C(F)(F)C(F)(F)F)CC1)C(=O)N1CCN(S(=O)(=O)C(F)(F)C(F)(F)C(F)(F)C(F)(F)F)CC1. The van der Waals surface area contributed by atoms with Gasteiger partial charge in [-0.15, -0.1) is 0 Å². The first kappa shape index (κ1) is 52.6. The Morgan fingerprint density at radius 1 is 0.400 bits per heavy atom. The summed E-state index contributed by atoms with van der Waals surface area (Å²) in [5.41, 5.74) is 0. The smallest absolute Gasteiger partial charge is 0.348 e. The number of hydrogen-bond donors (Lipinski definition) is 2. The number of carbonyl (C=O) groups excluding carboxylic acids is 4. The molecule has 0 saturated carbocycles. The maximum atomic E-state index is 14.1. The van der Waals surface area contributed by atoms with Crippen LogP contribution in [0.25, 0.3) is 0 Å². The predicted octanol–water partition coefficient (Wildman–Crippen LogP) is 2.58. The lowest BCUT2D eigenvalue weighted by atomic mass is 10.1. The van der Waals surface area contributed by atoms with Crippen LogP contribution in [0.2, 0.25) is 0 Å². The third-order valence-corrected chi connectivity index (χ3v) is 12.6. The number of halogens is 18. The van der Waals surface area contributed by atoms with E-state index in [9.17, 15) is 115 Å². The summed E-state index contributed by atoms with van der Waals surface area (Å²) >= 11 is 0. The fraction of sp³-hybridized carbons (Fsp3) is 0.846. The highest BCUT2D eigenvalue weighted by atomic mass is 32.2. The Morgan fingerprint density at radius 3 is 0.883 bits per heavy atom. The molecule has 0 radical (unpaired) electrons. The van der Waals surface area contributed by atoms with Gasteiger partial charge in [0, 0.05) is 65.4 Å². The summed E-state index contributed by atoms with van der Waals surface area (Å²) in [5, 5.41) is -9.75. The van der Waals surface area contributed by atoms with Crippen molar-refractivity contribution in [3.63, 3.8) is 0 Å². The first-order valence-electron chi connectivity index (χ1n) is 16.3. The number of carbonyl (C=O) groups is 4. The van der Waals surface area contributed by atoms with Crippen molar-refractivity contribution in [3.05, 3.63) is 0 Å². The molecule has 2 heterocycles. The van der Waals surface area contributed by atoms with E-state index in [1.54, 1.807) is 0 Å². The zero-order chi connectivity index (χ0) is 46.9. The minimum absolute atomic E-state index is 0.121. The van der Waals surface area contributed by atoms with Gasteiger partial charge < -0.3 is 20.4 Å². The first-order valence-corrected chi connectivity index (χ1v) is 19.2. The summed E-state index contributed by atoms with van der Waals surface area (Å²) in [6.45, 7) is -9.59. The molecule has 0 unspecified atom stereocenters. The molecule has 0 spiro atoms. The van der Waals surface area contributed by atoms with Crippen LogP contribution in [0.1, 0.15) is 25.7 Å². The van der Waals surface area contributed by atoms with Crippen LogP contribution in [0.4, 0.5) is 79.0 Å². The fourth-order valence-corrected chi connectivity index (χ4v) is 7.92. The highest BCUT2D eigenvalue weighted by Gasteiger charge is 2.87. The lowest BCUT2D eigenvalue weighted by Gasteiger charge is -2.38. The average molecular weight is 961 g/mol. The Hall–Kier alpha value is -3.56. The van der Waals surface area contributed by atoms with E-state index in [4.69, 9.17) is 0 Å². The van der Waals surface area contributed by atoms with Gasteiger partial charge in [0.2, 0.25) is 0 Å².